The first-order valence-electron chi connectivity index (χ1n) is 4.41. The summed E-state index contributed by atoms with van der Waals surface area (Å²) in [6, 6.07) is 0. The van der Waals surface area contributed by atoms with Crippen LogP contribution in [0.3, 0.4) is 0 Å². The molecule has 1 rings (SSSR count). The van der Waals surface area contributed by atoms with Crippen LogP contribution in [0.1, 0.15) is 12.8 Å². The summed E-state index contributed by atoms with van der Waals surface area (Å²) in [5.41, 5.74) is 5.38. The quantitative estimate of drug-likeness (QED) is 0.588. The van der Waals surface area contributed by atoms with E-state index in [-0.39, 0.29) is 5.97 Å². The van der Waals surface area contributed by atoms with Gasteiger partial charge in [0.05, 0.1) is 13.2 Å². The van der Waals surface area contributed by atoms with Crippen LogP contribution in [-0.4, -0.2) is 43.7 Å². The average molecular weight is 172 g/mol. The smallest absolute Gasteiger partial charge is 0.320 e. The lowest BCUT2D eigenvalue weighted by Crippen LogP contribution is -2.30. The lowest BCUT2D eigenvalue weighted by molar-refractivity contribution is -0.142. The van der Waals surface area contributed by atoms with E-state index in [1.165, 1.54) is 0 Å². The first kappa shape index (κ1) is 9.48. The molecule has 1 heterocycles. The van der Waals surface area contributed by atoms with E-state index >= 15 is 0 Å². The van der Waals surface area contributed by atoms with E-state index < -0.39 is 0 Å². The monoisotopic (exact) mass is 172 g/mol. The van der Waals surface area contributed by atoms with Gasteiger partial charge < -0.3 is 10.5 Å². The van der Waals surface area contributed by atoms with Crippen molar-refractivity contribution in [1.29, 1.82) is 0 Å². The molecule has 0 radical (unpaired) electrons. The van der Waals surface area contributed by atoms with Gasteiger partial charge in [0.15, 0.2) is 0 Å². The summed E-state index contributed by atoms with van der Waals surface area (Å²) in [6.07, 6.45) is 1.89. The van der Waals surface area contributed by atoms with E-state index in [1.807, 2.05) is 0 Å². The molecule has 0 aromatic carbocycles. The van der Waals surface area contributed by atoms with Crippen molar-refractivity contribution in [2.75, 3.05) is 32.8 Å². The van der Waals surface area contributed by atoms with E-state index in [2.05, 4.69) is 4.90 Å². The van der Waals surface area contributed by atoms with Gasteiger partial charge in [-0.25, -0.2) is 0 Å². The molecule has 12 heavy (non-hydrogen) atoms. The van der Waals surface area contributed by atoms with Crippen LogP contribution in [0.15, 0.2) is 0 Å². The van der Waals surface area contributed by atoms with Crippen LogP contribution in [0, 0.1) is 0 Å². The molecule has 1 saturated heterocycles. The fraction of sp³-hybridized carbons (Fsp3) is 0.875. The molecule has 1 aliphatic heterocycles. The highest BCUT2D eigenvalue weighted by molar-refractivity contribution is 5.71. The molecular weight excluding hydrogens is 156 g/mol. The zero-order valence-electron chi connectivity index (χ0n) is 7.29. The van der Waals surface area contributed by atoms with Crippen molar-refractivity contribution in [1.82, 2.24) is 4.90 Å². The summed E-state index contributed by atoms with van der Waals surface area (Å²) >= 11 is 0. The van der Waals surface area contributed by atoms with Gasteiger partial charge in [-0.05, 0) is 25.9 Å². The van der Waals surface area contributed by atoms with Gasteiger partial charge in [-0.3, -0.25) is 9.69 Å². The Morgan fingerprint density at radius 1 is 1.58 bits per heavy atom. The van der Waals surface area contributed by atoms with Crippen LogP contribution in [0.4, 0.5) is 0 Å². The van der Waals surface area contributed by atoms with Crippen LogP contribution in [0.2, 0.25) is 0 Å². The standard InChI is InChI=1S/C8H16N2O2/c9-3-1-4-10-5-2-6-12-8(11)7-10/h1-7,9H2. The lowest BCUT2D eigenvalue weighted by Gasteiger charge is -2.16. The maximum absolute atomic E-state index is 11.0. The summed E-state index contributed by atoms with van der Waals surface area (Å²) in [7, 11) is 0. The highest BCUT2D eigenvalue weighted by atomic mass is 16.5. The molecule has 4 nitrogen and oxygen atoms in total. The Balaban J connectivity index is 2.26. The molecule has 2 N–H and O–H groups in total. The number of esters is 1. The van der Waals surface area contributed by atoms with E-state index in [0.29, 0.717) is 19.7 Å². The predicted molar refractivity (Wildman–Crippen MR) is 45.7 cm³/mol. The maximum atomic E-state index is 11.0. The summed E-state index contributed by atoms with van der Waals surface area (Å²) in [5, 5.41) is 0. The number of carbonyl (C=O) groups excluding carboxylic acids is 1. The second kappa shape index (κ2) is 5.11. The molecule has 70 valence electrons. The lowest BCUT2D eigenvalue weighted by atomic mass is 10.3. The molecule has 0 aliphatic carbocycles. The van der Waals surface area contributed by atoms with Gasteiger partial charge in [0.25, 0.3) is 0 Å². The molecule has 1 fully saturated rings. The minimum absolute atomic E-state index is 0.107. The minimum atomic E-state index is -0.107. The number of rotatable bonds is 3. The maximum Gasteiger partial charge on any atom is 0.320 e. The van der Waals surface area contributed by atoms with E-state index in [4.69, 9.17) is 10.5 Å². The van der Waals surface area contributed by atoms with E-state index in [9.17, 15) is 4.79 Å². The summed E-state index contributed by atoms with van der Waals surface area (Å²) < 4.78 is 4.90. The van der Waals surface area contributed by atoms with Crippen molar-refractivity contribution in [2.24, 2.45) is 5.73 Å². The zero-order valence-corrected chi connectivity index (χ0v) is 7.29. The van der Waals surface area contributed by atoms with Crippen LogP contribution >= 0.6 is 0 Å². The molecule has 0 unspecified atom stereocenters. The molecule has 4 heteroatoms. The third kappa shape index (κ3) is 3.19. The molecule has 0 saturated carbocycles. The molecule has 0 amide bonds. The summed E-state index contributed by atoms with van der Waals surface area (Å²) in [5.74, 6) is -0.107. The molecule has 0 aromatic heterocycles. The van der Waals surface area contributed by atoms with Crippen molar-refractivity contribution in [3.05, 3.63) is 0 Å². The third-order valence-corrected chi connectivity index (χ3v) is 1.91. The topological polar surface area (TPSA) is 55.6 Å². The van der Waals surface area contributed by atoms with Gasteiger partial charge in [-0.2, -0.15) is 0 Å². The Hall–Kier alpha value is -0.610. The van der Waals surface area contributed by atoms with Crippen LogP contribution in [-0.2, 0) is 9.53 Å². The largest absolute Gasteiger partial charge is 0.465 e. The van der Waals surface area contributed by atoms with Gasteiger partial charge in [0.2, 0.25) is 0 Å². The number of nitrogens with two attached hydrogens (primary N) is 1. The first-order valence-corrected chi connectivity index (χ1v) is 4.41. The number of cyclic esters (lactones) is 1. The molecule has 0 spiro atoms. The van der Waals surface area contributed by atoms with Gasteiger partial charge in [-0.1, -0.05) is 0 Å². The van der Waals surface area contributed by atoms with Crippen LogP contribution < -0.4 is 5.73 Å². The molecule has 0 atom stereocenters. The van der Waals surface area contributed by atoms with Gasteiger partial charge in [0.1, 0.15) is 0 Å². The highest BCUT2D eigenvalue weighted by Gasteiger charge is 2.14. The first-order chi connectivity index (χ1) is 5.83. The van der Waals surface area contributed by atoms with Crippen molar-refractivity contribution < 1.29 is 9.53 Å². The number of carbonyl (C=O) groups is 1. The fourth-order valence-corrected chi connectivity index (χ4v) is 1.29. The second-order valence-corrected chi connectivity index (χ2v) is 2.99. The Morgan fingerprint density at radius 3 is 3.17 bits per heavy atom. The van der Waals surface area contributed by atoms with Gasteiger partial charge in [0, 0.05) is 6.54 Å². The number of ether oxygens (including phenoxy) is 1. The normalized spacial score (nSPS) is 20.2. The summed E-state index contributed by atoms with van der Waals surface area (Å²) in [6.45, 7) is 3.54. The van der Waals surface area contributed by atoms with Crippen molar-refractivity contribution >= 4 is 5.97 Å². The zero-order chi connectivity index (χ0) is 8.81. The molecule has 0 bridgehead atoms. The number of hydrogen-bond donors (Lipinski definition) is 1. The fourth-order valence-electron chi connectivity index (χ4n) is 1.29. The van der Waals surface area contributed by atoms with Crippen LogP contribution in [0.25, 0.3) is 0 Å². The Morgan fingerprint density at radius 2 is 2.42 bits per heavy atom. The van der Waals surface area contributed by atoms with E-state index in [0.717, 1.165) is 25.9 Å². The Kier molecular flexibility index (Phi) is 4.04. The molecule has 0 aromatic rings. The Bertz CT molecular complexity index is 150. The third-order valence-electron chi connectivity index (χ3n) is 1.91. The van der Waals surface area contributed by atoms with Crippen molar-refractivity contribution in [3.8, 4) is 0 Å². The van der Waals surface area contributed by atoms with E-state index in [1.54, 1.807) is 0 Å². The number of hydrogen-bond acceptors (Lipinski definition) is 4. The van der Waals surface area contributed by atoms with Gasteiger partial charge in [-0.15, -0.1) is 0 Å². The van der Waals surface area contributed by atoms with Gasteiger partial charge >= 0.3 is 5.97 Å². The van der Waals surface area contributed by atoms with Crippen molar-refractivity contribution in [3.63, 3.8) is 0 Å². The SMILES string of the molecule is NCCCN1CCCOC(=O)C1. The Labute approximate surface area is 72.7 Å². The number of nitrogens with zero attached hydrogens (tertiary/aromatic N) is 1. The van der Waals surface area contributed by atoms with Crippen LogP contribution in [0.5, 0.6) is 0 Å². The second-order valence-electron chi connectivity index (χ2n) is 2.99. The predicted octanol–water partition coefficient (Wildman–Crippen LogP) is -0.416. The molecule has 1 aliphatic rings. The average Bonchev–Trinajstić information content (AvgIpc) is 2.26. The minimum Gasteiger partial charge on any atom is -0.465 e. The summed E-state index contributed by atoms with van der Waals surface area (Å²) in [4.78, 5) is 13.1. The molecular formula is C8H16N2O2. The highest BCUT2D eigenvalue weighted by Crippen LogP contribution is 2.00. The van der Waals surface area contributed by atoms with Crippen molar-refractivity contribution in [2.45, 2.75) is 12.8 Å².